The number of ether oxygens (including phenoxy) is 2. The lowest BCUT2D eigenvalue weighted by Gasteiger charge is -2.41. The van der Waals surface area contributed by atoms with Gasteiger partial charge in [0.1, 0.15) is 0 Å². The Kier molecular flexibility index (Phi) is 7.97. The quantitative estimate of drug-likeness (QED) is 0.611. The van der Waals surface area contributed by atoms with E-state index in [1.807, 2.05) is 39.6 Å². The average Bonchev–Trinajstić information content (AvgIpc) is 2.33. The number of amides is 1. The Hall–Kier alpha value is -0.610. The Morgan fingerprint density at radius 3 is 1.83 bits per heavy atom. The topological polar surface area (TPSA) is 38.8 Å². The highest BCUT2D eigenvalue weighted by Gasteiger charge is 2.34. The molecule has 1 amide bonds. The van der Waals surface area contributed by atoms with Gasteiger partial charge in [0.2, 0.25) is 5.91 Å². The van der Waals surface area contributed by atoms with Crippen LogP contribution < -0.4 is 0 Å². The van der Waals surface area contributed by atoms with E-state index in [0.29, 0.717) is 13.0 Å². The summed E-state index contributed by atoms with van der Waals surface area (Å²) in [6, 6.07) is 0. The Labute approximate surface area is 150 Å². The fourth-order valence-corrected chi connectivity index (χ4v) is 2.96. The summed E-state index contributed by atoms with van der Waals surface area (Å²) in [7, 11) is 3.61. The Bertz CT molecular complexity index is 406. The van der Waals surface area contributed by atoms with Crippen molar-refractivity contribution in [2.45, 2.75) is 98.3 Å². The number of rotatable bonds is 9. The predicted octanol–water partition coefficient (Wildman–Crippen LogP) is 4.66. The lowest BCUT2D eigenvalue weighted by molar-refractivity contribution is -0.142. The molecule has 0 rings (SSSR count). The third-order valence-corrected chi connectivity index (χ3v) is 4.57. The van der Waals surface area contributed by atoms with Gasteiger partial charge in [0.15, 0.2) is 0 Å². The van der Waals surface area contributed by atoms with Gasteiger partial charge in [-0.3, -0.25) is 4.79 Å². The number of carbonyl (C=O) groups excluding carboxylic acids is 1. The zero-order chi connectivity index (χ0) is 19.4. The molecule has 0 aromatic carbocycles. The normalized spacial score (nSPS) is 14.0. The SMILES string of the molecule is COC(C)(C)CCOC(C)(C)CC(=O)N(C)C(C)(C)CC(C)(C)C. The van der Waals surface area contributed by atoms with Crippen molar-refractivity contribution in [3.8, 4) is 0 Å². The third kappa shape index (κ3) is 9.03. The number of hydrogen-bond donors (Lipinski definition) is 0. The van der Waals surface area contributed by atoms with E-state index in [1.165, 1.54) is 0 Å². The summed E-state index contributed by atoms with van der Waals surface area (Å²) >= 11 is 0. The molecule has 24 heavy (non-hydrogen) atoms. The first-order valence-corrected chi connectivity index (χ1v) is 8.97. The van der Waals surface area contributed by atoms with Crippen LogP contribution in [0.3, 0.4) is 0 Å². The molecule has 0 N–H and O–H groups in total. The van der Waals surface area contributed by atoms with Gasteiger partial charge in [0.05, 0.1) is 24.2 Å². The van der Waals surface area contributed by atoms with E-state index >= 15 is 0 Å². The van der Waals surface area contributed by atoms with Crippen LogP contribution in [0.15, 0.2) is 0 Å². The molecule has 0 aromatic heterocycles. The van der Waals surface area contributed by atoms with Crippen molar-refractivity contribution in [3.63, 3.8) is 0 Å². The second-order valence-corrected chi connectivity index (χ2v) is 10.0. The molecule has 0 bridgehead atoms. The van der Waals surface area contributed by atoms with Gasteiger partial charge in [0.25, 0.3) is 0 Å². The summed E-state index contributed by atoms with van der Waals surface area (Å²) in [5, 5.41) is 0. The van der Waals surface area contributed by atoms with Gasteiger partial charge < -0.3 is 14.4 Å². The predicted molar refractivity (Wildman–Crippen MR) is 101 cm³/mol. The molecule has 0 aliphatic rings. The number of nitrogens with zero attached hydrogens (tertiary/aromatic N) is 1. The Balaban J connectivity index is 4.66. The van der Waals surface area contributed by atoms with Crippen LogP contribution in [0, 0.1) is 5.41 Å². The fraction of sp³-hybridized carbons (Fsp3) is 0.950. The highest BCUT2D eigenvalue weighted by Crippen LogP contribution is 2.31. The molecule has 0 fully saturated rings. The van der Waals surface area contributed by atoms with E-state index < -0.39 is 5.60 Å². The van der Waals surface area contributed by atoms with Gasteiger partial charge in [-0.2, -0.15) is 0 Å². The van der Waals surface area contributed by atoms with E-state index in [2.05, 4.69) is 34.6 Å². The summed E-state index contributed by atoms with van der Waals surface area (Å²) < 4.78 is 11.4. The largest absolute Gasteiger partial charge is 0.379 e. The van der Waals surface area contributed by atoms with Gasteiger partial charge in [-0.05, 0) is 59.8 Å². The molecule has 0 atom stereocenters. The minimum absolute atomic E-state index is 0.125. The summed E-state index contributed by atoms with van der Waals surface area (Å²) in [5.74, 6) is 0.125. The maximum Gasteiger partial charge on any atom is 0.225 e. The van der Waals surface area contributed by atoms with Crippen LogP contribution in [0.1, 0.15) is 81.6 Å². The number of carbonyl (C=O) groups is 1. The van der Waals surface area contributed by atoms with Gasteiger partial charge in [-0.1, -0.05) is 20.8 Å². The molecule has 144 valence electrons. The van der Waals surface area contributed by atoms with Gasteiger partial charge in [0, 0.05) is 19.7 Å². The van der Waals surface area contributed by atoms with Gasteiger partial charge in [-0.15, -0.1) is 0 Å². The zero-order valence-electron chi connectivity index (χ0n) is 18.0. The van der Waals surface area contributed by atoms with Crippen molar-refractivity contribution in [1.29, 1.82) is 0 Å². The van der Waals surface area contributed by atoms with E-state index in [0.717, 1.165) is 12.8 Å². The molecule has 0 aliphatic heterocycles. The summed E-state index contributed by atoms with van der Waals surface area (Å²) in [4.78, 5) is 14.6. The molecule has 0 spiro atoms. The third-order valence-electron chi connectivity index (χ3n) is 4.57. The molecule has 0 saturated heterocycles. The first-order valence-electron chi connectivity index (χ1n) is 8.97. The van der Waals surface area contributed by atoms with E-state index in [4.69, 9.17) is 9.47 Å². The van der Waals surface area contributed by atoms with E-state index in [-0.39, 0.29) is 22.5 Å². The molecule has 0 unspecified atom stereocenters. The second kappa shape index (κ2) is 8.18. The molecule has 4 heteroatoms. The molecule has 0 radical (unpaired) electrons. The summed E-state index contributed by atoms with van der Waals surface area (Å²) in [6.07, 6.45) is 2.13. The standard InChI is InChI=1S/C20H41NO3/c1-17(2,3)15-18(4,5)21(10)16(22)14-20(8,9)24-13-12-19(6,7)23-11/h12-15H2,1-11H3. The smallest absolute Gasteiger partial charge is 0.225 e. The van der Waals surface area contributed by atoms with Crippen molar-refractivity contribution in [1.82, 2.24) is 4.90 Å². The Morgan fingerprint density at radius 1 is 0.917 bits per heavy atom. The Morgan fingerprint density at radius 2 is 1.42 bits per heavy atom. The zero-order valence-corrected chi connectivity index (χ0v) is 18.0. The lowest BCUT2D eigenvalue weighted by atomic mass is 9.80. The van der Waals surface area contributed by atoms with Crippen molar-refractivity contribution < 1.29 is 14.3 Å². The van der Waals surface area contributed by atoms with Crippen LogP contribution in [0.4, 0.5) is 0 Å². The highest BCUT2D eigenvalue weighted by molar-refractivity contribution is 5.77. The lowest BCUT2D eigenvalue weighted by Crippen LogP contribution is -2.49. The monoisotopic (exact) mass is 343 g/mol. The van der Waals surface area contributed by atoms with Gasteiger partial charge >= 0.3 is 0 Å². The van der Waals surface area contributed by atoms with Crippen LogP contribution >= 0.6 is 0 Å². The maximum atomic E-state index is 12.7. The van der Waals surface area contributed by atoms with Crippen molar-refractivity contribution in [2.75, 3.05) is 20.8 Å². The number of methoxy groups -OCH3 is 1. The molecule has 0 aromatic rings. The molecule has 0 heterocycles. The summed E-state index contributed by atoms with van der Waals surface area (Å²) in [6.45, 7) is 19.5. The van der Waals surface area contributed by atoms with Crippen LogP contribution in [-0.2, 0) is 14.3 Å². The van der Waals surface area contributed by atoms with E-state index in [1.54, 1.807) is 7.11 Å². The van der Waals surface area contributed by atoms with E-state index in [9.17, 15) is 4.79 Å². The van der Waals surface area contributed by atoms with Crippen LogP contribution in [0.5, 0.6) is 0 Å². The molecule has 0 aliphatic carbocycles. The van der Waals surface area contributed by atoms with Crippen LogP contribution in [0.25, 0.3) is 0 Å². The van der Waals surface area contributed by atoms with Gasteiger partial charge in [-0.25, -0.2) is 0 Å². The summed E-state index contributed by atoms with van der Waals surface area (Å²) in [5.41, 5.74) is -0.683. The van der Waals surface area contributed by atoms with Crippen molar-refractivity contribution in [2.24, 2.45) is 5.41 Å². The maximum absolute atomic E-state index is 12.7. The average molecular weight is 344 g/mol. The minimum atomic E-state index is -0.479. The first kappa shape index (κ1) is 23.4. The van der Waals surface area contributed by atoms with Crippen LogP contribution in [-0.4, -0.2) is 48.3 Å². The first-order chi connectivity index (χ1) is 10.5. The van der Waals surface area contributed by atoms with Crippen molar-refractivity contribution in [3.05, 3.63) is 0 Å². The highest BCUT2D eigenvalue weighted by atomic mass is 16.5. The van der Waals surface area contributed by atoms with Crippen LogP contribution in [0.2, 0.25) is 0 Å². The fourth-order valence-electron chi connectivity index (χ4n) is 2.96. The number of hydrogen-bond acceptors (Lipinski definition) is 3. The molecular weight excluding hydrogens is 302 g/mol. The van der Waals surface area contributed by atoms with Crippen molar-refractivity contribution >= 4 is 5.91 Å². The minimum Gasteiger partial charge on any atom is -0.379 e. The second-order valence-electron chi connectivity index (χ2n) is 10.0. The molecule has 4 nitrogen and oxygen atoms in total. The molecular formula is C20H41NO3. The molecule has 0 saturated carbocycles.